The van der Waals surface area contributed by atoms with Crippen LogP contribution in [-0.2, 0) is 6.18 Å². The van der Waals surface area contributed by atoms with E-state index in [1.807, 2.05) is 6.07 Å². The van der Waals surface area contributed by atoms with Gasteiger partial charge in [-0.25, -0.2) is 9.67 Å². The van der Waals surface area contributed by atoms with Crippen LogP contribution < -0.4 is 0 Å². The van der Waals surface area contributed by atoms with E-state index < -0.39 is 11.7 Å². The standard InChI is InChI=1S/C15H10F3N3/c16-15(17,18)13-5-3-4-11(8-13)12-9-20-21(10-12)14-6-1-2-7-19-14/h1-10H. The summed E-state index contributed by atoms with van der Waals surface area (Å²) in [6.45, 7) is 0. The largest absolute Gasteiger partial charge is 0.416 e. The third-order valence-corrected chi connectivity index (χ3v) is 2.99. The second-order valence-corrected chi connectivity index (χ2v) is 4.44. The molecule has 0 aliphatic carbocycles. The Kier molecular flexibility index (Phi) is 3.21. The summed E-state index contributed by atoms with van der Waals surface area (Å²) in [5.41, 5.74) is 0.393. The Bertz CT molecular complexity index is 748. The maximum Gasteiger partial charge on any atom is 0.416 e. The van der Waals surface area contributed by atoms with Gasteiger partial charge < -0.3 is 0 Å². The zero-order chi connectivity index (χ0) is 14.9. The van der Waals surface area contributed by atoms with Crippen molar-refractivity contribution >= 4 is 0 Å². The Balaban J connectivity index is 1.97. The van der Waals surface area contributed by atoms with Crippen LogP contribution in [0.5, 0.6) is 0 Å². The molecule has 0 spiro atoms. The van der Waals surface area contributed by atoms with E-state index in [-0.39, 0.29) is 0 Å². The van der Waals surface area contributed by atoms with E-state index in [0.29, 0.717) is 16.9 Å². The molecule has 106 valence electrons. The van der Waals surface area contributed by atoms with Crippen molar-refractivity contribution < 1.29 is 13.2 Å². The van der Waals surface area contributed by atoms with Crippen LogP contribution in [0.15, 0.2) is 61.1 Å². The van der Waals surface area contributed by atoms with Crippen molar-refractivity contribution in [2.24, 2.45) is 0 Å². The maximum atomic E-state index is 12.7. The van der Waals surface area contributed by atoms with Crippen molar-refractivity contribution in [2.75, 3.05) is 0 Å². The number of benzene rings is 1. The molecule has 0 fully saturated rings. The fourth-order valence-electron chi connectivity index (χ4n) is 1.96. The van der Waals surface area contributed by atoms with Crippen molar-refractivity contribution in [3.05, 3.63) is 66.6 Å². The molecule has 0 radical (unpaired) electrons. The van der Waals surface area contributed by atoms with Gasteiger partial charge in [0.2, 0.25) is 0 Å². The molecule has 0 N–H and O–H groups in total. The second-order valence-electron chi connectivity index (χ2n) is 4.44. The molecule has 0 saturated heterocycles. The molecule has 0 amide bonds. The molecule has 3 aromatic rings. The fourth-order valence-corrected chi connectivity index (χ4v) is 1.96. The number of aromatic nitrogens is 3. The van der Waals surface area contributed by atoms with Gasteiger partial charge in [-0.05, 0) is 29.8 Å². The highest BCUT2D eigenvalue weighted by Gasteiger charge is 2.30. The van der Waals surface area contributed by atoms with Gasteiger partial charge >= 0.3 is 6.18 Å². The quantitative estimate of drug-likeness (QED) is 0.715. The maximum absolute atomic E-state index is 12.7. The van der Waals surface area contributed by atoms with Crippen LogP contribution in [-0.4, -0.2) is 14.8 Å². The highest BCUT2D eigenvalue weighted by atomic mass is 19.4. The van der Waals surface area contributed by atoms with Crippen LogP contribution in [0, 0.1) is 0 Å². The summed E-state index contributed by atoms with van der Waals surface area (Å²) in [7, 11) is 0. The first-order valence-corrected chi connectivity index (χ1v) is 6.18. The average Bonchev–Trinajstić information content (AvgIpc) is 2.97. The fraction of sp³-hybridized carbons (Fsp3) is 0.0667. The summed E-state index contributed by atoms with van der Waals surface area (Å²) in [5, 5.41) is 4.13. The molecule has 0 aliphatic rings. The monoisotopic (exact) mass is 289 g/mol. The summed E-state index contributed by atoms with van der Waals surface area (Å²) < 4.78 is 39.7. The third-order valence-electron chi connectivity index (χ3n) is 2.99. The SMILES string of the molecule is FC(F)(F)c1cccc(-c2cnn(-c3ccccn3)c2)c1. The molecule has 3 rings (SSSR count). The first kappa shape index (κ1) is 13.4. The van der Waals surface area contributed by atoms with Gasteiger partial charge in [0.1, 0.15) is 0 Å². The number of nitrogens with zero attached hydrogens (tertiary/aromatic N) is 3. The van der Waals surface area contributed by atoms with Gasteiger partial charge in [-0.3, -0.25) is 0 Å². The van der Waals surface area contributed by atoms with Crippen LogP contribution in [0.25, 0.3) is 16.9 Å². The summed E-state index contributed by atoms with van der Waals surface area (Å²) in [4.78, 5) is 4.13. The van der Waals surface area contributed by atoms with Gasteiger partial charge in [0.05, 0.1) is 11.8 Å². The van der Waals surface area contributed by atoms with Gasteiger partial charge in [0.15, 0.2) is 5.82 Å². The van der Waals surface area contributed by atoms with Crippen LogP contribution >= 0.6 is 0 Å². The highest BCUT2D eigenvalue weighted by Crippen LogP contribution is 2.32. The first-order valence-electron chi connectivity index (χ1n) is 6.18. The Morgan fingerprint density at radius 1 is 0.952 bits per heavy atom. The van der Waals surface area contributed by atoms with Gasteiger partial charge in [-0.2, -0.15) is 18.3 Å². The molecule has 6 heteroatoms. The van der Waals surface area contributed by atoms with E-state index in [9.17, 15) is 13.2 Å². The Morgan fingerprint density at radius 2 is 1.81 bits per heavy atom. The lowest BCUT2D eigenvalue weighted by atomic mass is 10.1. The summed E-state index contributed by atoms with van der Waals surface area (Å²) in [6.07, 6.45) is 0.440. The normalized spacial score (nSPS) is 11.6. The van der Waals surface area contributed by atoms with Crippen LogP contribution in [0.4, 0.5) is 13.2 Å². The van der Waals surface area contributed by atoms with Crippen molar-refractivity contribution in [2.45, 2.75) is 6.18 Å². The Morgan fingerprint density at radius 3 is 2.52 bits per heavy atom. The predicted octanol–water partition coefficient (Wildman–Crippen LogP) is 3.95. The predicted molar refractivity (Wildman–Crippen MR) is 71.8 cm³/mol. The summed E-state index contributed by atoms with van der Waals surface area (Å²) >= 11 is 0. The van der Waals surface area contributed by atoms with Gasteiger partial charge in [-0.1, -0.05) is 18.2 Å². The second kappa shape index (κ2) is 5.05. The third kappa shape index (κ3) is 2.79. The van der Waals surface area contributed by atoms with Gasteiger partial charge in [0, 0.05) is 18.0 Å². The van der Waals surface area contributed by atoms with E-state index >= 15 is 0 Å². The topological polar surface area (TPSA) is 30.7 Å². The molecule has 1 aromatic carbocycles. The molecule has 0 saturated carbocycles. The summed E-state index contributed by atoms with van der Waals surface area (Å²) in [6, 6.07) is 10.5. The Labute approximate surface area is 118 Å². The van der Waals surface area contributed by atoms with Gasteiger partial charge in [0.25, 0.3) is 0 Å². The van der Waals surface area contributed by atoms with Crippen molar-refractivity contribution in [3.63, 3.8) is 0 Å². The van der Waals surface area contributed by atoms with Crippen LogP contribution in [0.2, 0.25) is 0 Å². The number of hydrogen-bond acceptors (Lipinski definition) is 2. The number of halogens is 3. The minimum Gasteiger partial charge on any atom is -0.237 e. The molecule has 2 aromatic heterocycles. The smallest absolute Gasteiger partial charge is 0.237 e. The van der Waals surface area contributed by atoms with Crippen LogP contribution in [0.3, 0.4) is 0 Å². The van der Waals surface area contributed by atoms with Crippen molar-refractivity contribution in [1.82, 2.24) is 14.8 Å². The highest BCUT2D eigenvalue weighted by molar-refractivity contribution is 5.63. The minimum atomic E-state index is -4.35. The number of alkyl halides is 3. The van der Waals surface area contributed by atoms with E-state index in [1.165, 1.54) is 16.9 Å². The molecule has 0 unspecified atom stereocenters. The molecule has 2 heterocycles. The molecule has 0 aliphatic heterocycles. The molecule has 3 nitrogen and oxygen atoms in total. The van der Waals surface area contributed by atoms with Crippen molar-refractivity contribution in [1.29, 1.82) is 0 Å². The lowest BCUT2D eigenvalue weighted by molar-refractivity contribution is -0.137. The number of rotatable bonds is 2. The zero-order valence-electron chi connectivity index (χ0n) is 10.7. The molecule has 21 heavy (non-hydrogen) atoms. The molecular weight excluding hydrogens is 279 g/mol. The minimum absolute atomic E-state index is 0.465. The number of hydrogen-bond donors (Lipinski definition) is 0. The molecular formula is C15H10F3N3. The van der Waals surface area contributed by atoms with E-state index in [0.717, 1.165) is 12.1 Å². The van der Waals surface area contributed by atoms with Gasteiger partial charge in [-0.15, -0.1) is 0 Å². The van der Waals surface area contributed by atoms with E-state index in [4.69, 9.17) is 0 Å². The average molecular weight is 289 g/mol. The van der Waals surface area contributed by atoms with Crippen LogP contribution in [0.1, 0.15) is 5.56 Å². The zero-order valence-corrected chi connectivity index (χ0v) is 10.7. The van der Waals surface area contributed by atoms with Crippen molar-refractivity contribution in [3.8, 4) is 16.9 Å². The Hall–Kier alpha value is -2.63. The lowest BCUT2D eigenvalue weighted by Gasteiger charge is -2.07. The molecule has 0 atom stereocenters. The summed E-state index contributed by atoms with van der Waals surface area (Å²) in [5.74, 6) is 0.607. The van der Waals surface area contributed by atoms with E-state index in [1.54, 1.807) is 30.6 Å². The van der Waals surface area contributed by atoms with E-state index in [2.05, 4.69) is 10.1 Å². The molecule has 0 bridgehead atoms. The first-order chi connectivity index (χ1) is 10.0. The lowest BCUT2D eigenvalue weighted by Crippen LogP contribution is -2.04. The number of pyridine rings is 1.